The molecule has 0 fully saturated rings. The number of hydrogen-bond acceptors (Lipinski definition) is 2. The van der Waals surface area contributed by atoms with Crippen LogP contribution in [0.4, 0.5) is 4.39 Å². The summed E-state index contributed by atoms with van der Waals surface area (Å²) in [6.07, 6.45) is 1.61. The van der Waals surface area contributed by atoms with E-state index in [9.17, 15) is 4.39 Å². The van der Waals surface area contributed by atoms with Gasteiger partial charge in [-0.05, 0) is 61.2 Å². The Bertz CT molecular complexity index is 559. The van der Waals surface area contributed by atoms with E-state index in [4.69, 9.17) is 22.1 Å². The first-order valence-electron chi connectivity index (χ1n) is 7.03. The van der Waals surface area contributed by atoms with Crippen LogP contribution in [-0.2, 0) is 0 Å². The van der Waals surface area contributed by atoms with Crippen LogP contribution >= 0.6 is 11.6 Å². The molecule has 1 unspecified atom stereocenters. The standard InChI is InChI=1S/C17H19ClFNO/c18-14-7-9-15(10-8-14)21-11-3-4-13(12-20)16-5-1-2-6-17(16)19/h1-2,5-10,13H,3-4,11-12,20H2. The van der Waals surface area contributed by atoms with Crippen molar-refractivity contribution in [3.8, 4) is 5.75 Å². The van der Waals surface area contributed by atoms with E-state index in [0.717, 1.165) is 18.6 Å². The van der Waals surface area contributed by atoms with E-state index in [0.29, 0.717) is 23.7 Å². The highest BCUT2D eigenvalue weighted by molar-refractivity contribution is 6.30. The Balaban J connectivity index is 1.81. The Morgan fingerprint density at radius 3 is 2.48 bits per heavy atom. The minimum Gasteiger partial charge on any atom is -0.494 e. The number of nitrogens with two attached hydrogens (primary N) is 1. The molecule has 0 aromatic heterocycles. The molecule has 0 amide bonds. The first-order valence-corrected chi connectivity index (χ1v) is 7.41. The van der Waals surface area contributed by atoms with E-state index in [1.54, 1.807) is 24.3 Å². The number of benzene rings is 2. The molecule has 2 aromatic rings. The van der Waals surface area contributed by atoms with Crippen molar-refractivity contribution in [2.24, 2.45) is 5.73 Å². The quantitative estimate of drug-likeness (QED) is 0.770. The predicted molar refractivity (Wildman–Crippen MR) is 84.4 cm³/mol. The van der Waals surface area contributed by atoms with E-state index < -0.39 is 0 Å². The van der Waals surface area contributed by atoms with Crippen molar-refractivity contribution in [3.05, 3.63) is 64.9 Å². The Hall–Kier alpha value is -1.58. The van der Waals surface area contributed by atoms with Gasteiger partial charge in [-0.2, -0.15) is 0 Å². The second-order valence-corrected chi connectivity index (χ2v) is 5.34. The SMILES string of the molecule is NCC(CCCOc1ccc(Cl)cc1)c1ccccc1F. The molecule has 0 aliphatic rings. The molecule has 2 aromatic carbocycles. The van der Waals surface area contributed by atoms with Gasteiger partial charge in [0.05, 0.1) is 6.61 Å². The Labute approximate surface area is 129 Å². The molecule has 0 bridgehead atoms. The second-order valence-electron chi connectivity index (χ2n) is 4.90. The topological polar surface area (TPSA) is 35.2 Å². The molecule has 0 aliphatic carbocycles. The van der Waals surface area contributed by atoms with Crippen LogP contribution in [0.5, 0.6) is 5.75 Å². The molecule has 1 atom stereocenters. The largest absolute Gasteiger partial charge is 0.494 e. The Morgan fingerprint density at radius 2 is 1.81 bits per heavy atom. The van der Waals surface area contributed by atoms with Gasteiger partial charge >= 0.3 is 0 Å². The third kappa shape index (κ3) is 4.73. The smallest absolute Gasteiger partial charge is 0.126 e. The van der Waals surface area contributed by atoms with Gasteiger partial charge in [0.1, 0.15) is 11.6 Å². The highest BCUT2D eigenvalue weighted by Gasteiger charge is 2.13. The summed E-state index contributed by atoms with van der Waals surface area (Å²) in [5.41, 5.74) is 6.45. The zero-order chi connectivity index (χ0) is 15.1. The fourth-order valence-corrected chi connectivity index (χ4v) is 2.38. The molecule has 0 radical (unpaired) electrons. The molecular formula is C17H19ClFNO. The van der Waals surface area contributed by atoms with E-state index >= 15 is 0 Å². The van der Waals surface area contributed by atoms with Gasteiger partial charge in [0.15, 0.2) is 0 Å². The van der Waals surface area contributed by atoms with Crippen molar-refractivity contribution >= 4 is 11.6 Å². The monoisotopic (exact) mass is 307 g/mol. The van der Waals surface area contributed by atoms with Gasteiger partial charge in [-0.3, -0.25) is 0 Å². The summed E-state index contributed by atoms with van der Waals surface area (Å²) < 4.78 is 19.4. The van der Waals surface area contributed by atoms with E-state index in [1.165, 1.54) is 6.07 Å². The molecule has 0 saturated heterocycles. The van der Waals surface area contributed by atoms with Crippen LogP contribution in [-0.4, -0.2) is 13.2 Å². The molecular weight excluding hydrogens is 289 g/mol. The van der Waals surface area contributed by atoms with Gasteiger partial charge in [0.2, 0.25) is 0 Å². The average molecular weight is 308 g/mol. The van der Waals surface area contributed by atoms with E-state index in [-0.39, 0.29) is 11.7 Å². The molecule has 2 rings (SSSR count). The highest BCUT2D eigenvalue weighted by Crippen LogP contribution is 2.23. The van der Waals surface area contributed by atoms with Crippen LogP contribution in [0.15, 0.2) is 48.5 Å². The number of hydrogen-bond donors (Lipinski definition) is 1. The van der Waals surface area contributed by atoms with Gasteiger partial charge in [0.25, 0.3) is 0 Å². The molecule has 112 valence electrons. The summed E-state index contributed by atoms with van der Waals surface area (Å²) in [6.45, 7) is 1.01. The molecule has 21 heavy (non-hydrogen) atoms. The normalized spacial score (nSPS) is 12.1. The number of ether oxygens (including phenoxy) is 1. The average Bonchev–Trinajstić information content (AvgIpc) is 2.50. The summed E-state index contributed by atoms with van der Waals surface area (Å²) in [7, 11) is 0. The van der Waals surface area contributed by atoms with Crippen LogP contribution in [0, 0.1) is 5.82 Å². The minimum atomic E-state index is -0.188. The van der Waals surface area contributed by atoms with Crippen molar-refractivity contribution in [2.45, 2.75) is 18.8 Å². The maximum atomic E-state index is 13.7. The number of halogens is 2. The molecule has 2 N–H and O–H groups in total. The third-order valence-corrected chi connectivity index (χ3v) is 3.66. The van der Waals surface area contributed by atoms with Crippen molar-refractivity contribution in [2.75, 3.05) is 13.2 Å². The molecule has 0 aliphatic heterocycles. The maximum Gasteiger partial charge on any atom is 0.126 e. The zero-order valence-electron chi connectivity index (χ0n) is 11.8. The fraction of sp³-hybridized carbons (Fsp3) is 0.294. The lowest BCUT2D eigenvalue weighted by Gasteiger charge is -2.16. The summed E-state index contributed by atoms with van der Waals surface area (Å²) in [4.78, 5) is 0. The second kappa shape index (κ2) is 8.01. The Morgan fingerprint density at radius 1 is 1.10 bits per heavy atom. The molecule has 2 nitrogen and oxygen atoms in total. The lowest BCUT2D eigenvalue weighted by Crippen LogP contribution is -2.15. The molecule has 0 saturated carbocycles. The first kappa shape index (κ1) is 15.8. The van der Waals surface area contributed by atoms with Gasteiger partial charge in [-0.15, -0.1) is 0 Å². The fourth-order valence-electron chi connectivity index (χ4n) is 2.26. The third-order valence-electron chi connectivity index (χ3n) is 3.41. The van der Waals surface area contributed by atoms with Crippen LogP contribution in [0.2, 0.25) is 5.02 Å². The highest BCUT2D eigenvalue weighted by atomic mass is 35.5. The lowest BCUT2D eigenvalue weighted by atomic mass is 9.94. The van der Waals surface area contributed by atoms with Crippen LogP contribution in [0.3, 0.4) is 0 Å². The summed E-state index contributed by atoms with van der Waals surface area (Å²) in [6, 6.07) is 14.0. The van der Waals surface area contributed by atoms with Gasteiger partial charge in [0, 0.05) is 5.02 Å². The van der Waals surface area contributed by atoms with Gasteiger partial charge < -0.3 is 10.5 Å². The Kier molecular flexibility index (Phi) is 6.03. The van der Waals surface area contributed by atoms with Crippen molar-refractivity contribution < 1.29 is 9.13 Å². The summed E-state index contributed by atoms with van der Waals surface area (Å²) >= 11 is 5.81. The minimum absolute atomic E-state index is 0.0278. The lowest BCUT2D eigenvalue weighted by molar-refractivity contribution is 0.301. The van der Waals surface area contributed by atoms with Crippen LogP contribution in [0.25, 0.3) is 0 Å². The van der Waals surface area contributed by atoms with Gasteiger partial charge in [-0.25, -0.2) is 4.39 Å². The van der Waals surface area contributed by atoms with Crippen molar-refractivity contribution in [1.29, 1.82) is 0 Å². The molecule has 0 spiro atoms. The first-order chi connectivity index (χ1) is 10.2. The van der Waals surface area contributed by atoms with Gasteiger partial charge in [-0.1, -0.05) is 29.8 Å². The van der Waals surface area contributed by atoms with Crippen molar-refractivity contribution in [3.63, 3.8) is 0 Å². The van der Waals surface area contributed by atoms with E-state index in [2.05, 4.69) is 0 Å². The zero-order valence-corrected chi connectivity index (χ0v) is 12.5. The summed E-state index contributed by atoms with van der Waals surface area (Å²) in [5, 5.41) is 0.685. The predicted octanol–water partition coefficient (Wildman–Crippen LogP) is 4.38. The summed E-state index contributed by atoms with van der Waals surface area (Å²) in [5.74, 6) is 0.626. The molecule has 4 heteroatoms. The maximum absolute atomic E-state index is 13.7. The molecule has 0 heterocycles. The van der Waals surface area contributed by atoms with Crippen molar-refractivity contribution in [1.82, 2.24) is 0 Å². The van der Waals surface area contributed by atoms with E-state index in [1.807, 2.05) is 18.2 Å². The van der Waals surface area contributed by atoms with Crippen LogP contribution < -0.4 is 10.5 Å². The van der Waals surface area contributed by atoms with Crippen LogP contribution in [0.1, 0.15) is 24.3 Å². The number of rotatable bonds is 7.